The zero-order valence-electron chi connectivity index (χ0n) is 23.0. The number of fused-ring (bicyclic) bond motifs is 3. The van der Waals surface area contributed by atoms with Crippen molar-refractivity contribution in [3.63, 3.8) is 0 Å². The molecule has 1 aliphatic carbocycles. The van der Waals surface area contributed by atoms with Crippen molar-refractivity contribution in [2.24, 2.45) is 0 Å². The van der Waals surface area contributed by atoms with Crippen molar-refractivity contribution < 1.29 is 13.9 Å². The maximum atomic E-state index is 13.9. The molecule has 1 amide bonds. The summed E-state index contributed by atoms with van der Waals surface area (Å²) < 4.78 is 11.3. The van der Waals surface area contributed by atoms with Crippen LogP contribution in [0.25, 0.3) is 33.1 Å². The largest absolute Gasteiger partial charge is 0.495 e. The Balaban J connectivity index is 0.00000316. The summed E-state index contributed by atoms with van der Waals surface area (Å²) in [7, 11) is 1.67. The minimum atomic E-state index is -0.237. The van der Waals surface area contributed by atoms with Crippen LogP contribution < -0.4 is 15.4 Å². The molecule has 3 aromatic carbocycles. The maximum absolute atomic E-state index is 13.9. The Bertz CT molecular complexity index is 1920. The van der Waals surface area contributed by atoms with Gasteiger partial charge < -0.3 is 19.8 Å². The molecule has 210 valence electrons. The first kappa shape index (κ1) is 27.3. The number of furan rings is 1. The van der Waals surface area contributed by atoms with E-state index in [-0.39, 0.29) is 18.3 Å². The molecule has 0 fully saturated rings. The summed E-state index contributed by atoms with van der Waals surface area (Å²) in [6.07, 6.45) is 7.44. The zero-order chi connectivity index (χ0) is 27.8. The fraction of sp³-hybridized carbons (Fsp3) is 0.147. The molecule has 0 atom stereocenters. The Morgan fingerprint density at radius 3 is 2.60 bits per heavy atom. The molecule has 3 heterocycles. The molecule has 0 radical (unpaired) electrons. The first-order valence-corrected chi connectivity index (χ1v) is 13.8. The average Bonchev–Trinajstić information content (AvgIpc) is 3.56. The van der Waals surface area contributed by atoms with Crippen LogP contribution in [0, 0.1) is 0 Å². The number of halogens is 1. The van der Waals surface area contributed by atoms with Crippen LogP contribution >= 0.6 is 12.4 Å². The molecule has 8 heteroatoms. The molecule has 1 aliphatic rings. The van der Waals surface area contributed by atoms with E-state index in [1.165, 1.54) is 5.56 Å². The molecule has 42 heavy (non-hydrogen) atoms. The zero-order valence-corrected chi connectivity index (χ0v) is 23.8. The second-order valence-electron chi connectivity index (χ2n) is 10.2. The van der Waals surface area contributed by atoms with E-state index in [1.54, 1.807) is 25.6 Å². The van der Waals surface area contributed by atoms with Gasteiger partial charge in [-0.25, -0.2) is 0 Å². The summed E-state index contributed by atoms with van der Waals surface area (Å²) >= 11 is 0. The first-order valence-electron chi connectivity index (χ1n) is 13.8. The van der Waals surface area contributed by atoms with Crippen LogP contribution in [0.3, 0.4) is 0 Å². The summed E-state index contributed by atoms with van der Waals surface area (Å²) in [6, 6.07) is 25.1. The number of hydrogen-bond donors (Lipinski definition) is 2. The fourth-order valence-electron chi connectivity index (χ4n) is 5.73. The smallest absolute Gasteiger partial charge is 0.257 e. The fourth-order valence-corrected chi connectivity index (χ4v) is 5.73. The number of ether oxygens (including phenoxy) is 1. The van der Waals surface area contributed by atoms with Crippen LogP contribution in [0.4, 0.5) is 17.1 Å². The van der Waals surface area contributed by atoms with Gasteiger partial charge in [0.2, 0.25) is 0 Å². The summed E-state index contributed by atoms with van der Waals surface area (Å²) in [5, 5.41) is 8.51. The third-order valence-corrected chi connectivity index (χ3v) is 7.68. The highest BCUT2D eigenvalue weighted by atomic mass is 35.5. The minimum absolute atomic E-state index is 0. The number of methoxy groups -OCH3 is 1. The molecule has 7 rings (SSSR count). The number of pyridine rings is 2. The van der Waals surface area contributed by atoms with Gasteiger partial charge in [-0.2, -0.15) is 0 Å². The maximum Gasteiger partial charge on any atom is 0.257 e. The van der Waals surface area contributed by atoms with Crippen molar-refractivity contribution in [3.05, 3.63) is 108 Å². The number of benzene rings is 3. The molecule has 3 aromatic heterocycles. The van der Waals surface area contributed by atoms with Crippen LogP contribution in [0.1, 0.15) is 34.5 Å². The number of carbonyl (C=O) groups excluding carboxylic acids is 1. The Labute approximate surface area is 249 Å². The average molecular weight is 577 g/mol. The van der Waals surface area contributed by atoms with Crippen molar-refractivity contribution >= 4 is 57.2 Å². The van der Waals surface area contributed by atoms with E-state index >= 15 is 0 Å². The highest BCUT2D eigenvalue weighted by molar-refractivity contribution is 6.16. The number of aryl methyl sites for hydroxylation is 1. The Hall–Kier alpha value is -4.88. The standard InChI is InChI=1S/C34H28N4O3.ClH/c1-40-31-14-7-6-13-29(31)38-33-23-10-3-5-12-27(23)37-28-17-16-21(19-24(28)33)36-34(39)32-22-9-2-4-11-26(22)35-20-25(32)30-15-8-18-41-30;/h2,4,6-9,11,13-20H,3,5,10,12H2,1H3,(H,36,39)(H,37,38);1H. The number of hydrogen-bond acceptors (Lipinski definition) is 6. The molecule has 0 saturated heterocycles. The monoisotopic (exact) mass is 576 g/mol. The van der Waals surface area contributed by atoms with Gasteiger partial charge in [-0.05, 0) is 79.8 Å². The lowest BCUT2D eigenvalue weighted by atomic mass is 9.92. The van der Waals surface area contributed by atoms with E-state index in [0.29, 0.717) is 22.6 Å². The van der Waals surface area contributed by atoms with E-state index in [0.717, 1.165) is 70.3 Å². The van der Waals surface area contributed by atoms with Crippen molar-refractivity contribution in [2.45, 2.75) is 25.7 Å². The van der Waals surface area contributed by atoms with Gasteiger partial charge in [0.1, 0.15) is 11.5 Å². The summed E-state index contributed by atoms with van der Waals surface area (Å²) in [5.74, 6) is 1.12. The van der Waals surface area contributed by atoms with E-state index in [4.69, 9.17) is 14.1 Å². The number of anilines is 3. The van der Waals surface area contributed by atoms with Crippen LogP contribution in [0.15, 0.2) is 95.7 Å². The summed E-state index contributed by atoms with van der Waals surface area (Å²) in [6.45, 7) is 0. The summed E-state index contributed by atoms with van der Waals surface area (Å²) in [4.78, 5) is 23.5. The SMILES string of the molecule is COc1ccccc1Nc1c2c(nc3ccc(NC(=O)c4c(-c5ccco5)cnc5ccccc45)cc13)CCCC2.Cl. The molecule has 0 spiro atoms. The molecule has 7 nitrogen and oxygen atoms in total. The lowest BCUT2D eigenvalue weighted by Crippen LogP contribution is -2.14. The van der Waals surface area contributed by atoms with Crippen molar-refractivity contribution in [3.8, 4) is 17.1 Å². The van der Waals surface area contributed by atoms with E-state index in [1.807, 2.05) is 72.8 Å². The normalized spacial score (nSPS) is 12.4. The van der Waals surface area contributed by atoms with Gasteiger partial charge in [0, 0.05) is 33.9 Å². The van der Waals surface area contributed by atoms with E-state index in [9.17, 15) is 4.79 Å². The summed E-state index contributed by atoms with van der Waals surface area (Å²) in [5.41, 5.74) is 7.70. The van der Waals surface area contributed by atoms with Gasteiger partial charge in [0.25, 0.3) is 5.91 Å². The number of carbonyl (C=O) groups is 1. The third kappa shape index (κ3) is 4.92. The van der Waals surface area contributed by atoms with Crippen LogP contribution in [0.5, 0.6) is 5.75 Å². The van der Waals surface area contributed by atoms with E-state index in [2.05, 4.69) is 15.6 Å². The molecule has 0 aliphatic heterocycles. The van der Waals surface area contributed by atoms with Gasteiger partial charge in [-0.3, -0.25) is 14.8 Å². The van der Waals surface area contributed by atoms with Gasteiger partial charge >= 0.3 is 0 Å². The van der Waals surface area contributed by atoms with Crippen LogP contribution in [-0.4, -0.2) is 23.0 Å². The molecule has 0 saturated carbocycles. The molecule has 2 N–H and O–H groups in total. The molecular weight excluding hydrogens is 548 g/mol. The van der Waals surface area contributed by atoms with Crippen molar-refractivity contribution in [2.75, 3.05) is 17.7 Å². The molecule has 0 bridgehead atoms. The van der Waals surface area contributed by atoms with Crippen LogP contribution in [0.2, 0.25) is 0 Å². The van der Waals surface area contributed by atoms with Gasteiger partial charge in [0.15, 0.2) is 0 Å². The third-order valence-electron chi connectivity index (χ3n) is 7.68. The predicted octanol–water partition coefficient (Wildman–Crippen LogP) is 8.35. The Morgan fingerprint density at radius 2 is 1.74 bits per heavy atom. The highest BCUT2D eigenvalue weighted by Gasteiger charge is 2.22. The molecule has 0 unspecified atom stereocenters. The van der Waals surface area contributed by atoms with Crippen molar-refractivity contribution in [1.82, 2.24) is 9.97 Å². The number of amides is 1. The van der Waals surface area contributed by atoms with E-state index < -0.39 is 0 Å². The van der Waals surface area contributed by atoms with Gasteiger partial charge in [-0.15, -0.1) is 12.4 Å². The van der Waals surface area contributed by atoms with Crippen LogP contribution in [-0.2, 0) is 12.8 Å². The number of aromatic nitrogens is 2. The Morgan fingerprint density at radius 1 is 0.905 bits per heavy atom. The number of nitrogens with one attached hydrogen (secondary N) is 2. The second-order valence-corrected chi connectivity index (χ2v) is 10.2. The molecule has 6 aromatic rings. The number of rotatable bonds is 6. The predicted molar refractivity (Wildman–Crippen MR) is 169 cm³/mol. The lowest BCUT2D eigenvalue weighted by Gasteiger charge is -2.23. The van der Waals surface area contributed by atoms with Gasteiger partial charge in [-0.1, -0.05) is 30.3 Å². The minimum Gasteiger partial charge on any atom is -0.495 e. The number of nitrogens with zero attached hydrogens (tertiary/aromatic N) is 2. The Kier molecular flexibility index (Phi) is 7.50. The lowest BCUT2D eigenvalue weighted by molar-refractivity contribution is 0.102. The van der Waals surface area contributed by atoms with Crippen molar-refractivity contribution in [1.29, 1.82) is 0 Å². The highest BCUT2D eigenvalue weighted by Crippen LogP contribution is 2.39. The molecular formula is C34H29ClN4O3. The first-order chi connectivity index (χ1) is 20.2. The number of para-hydroxylation sites is 3. The second kappa shape index (κ2) is 11.5. The quantitative estimate of drug-likeness (QED) is 0.207. The van der Waals surface area contributed by atoms with Gasteiger partial charge in [0.05, 0.1) is 41.3 Å². The topological polar surface area (TPSA) is 89.3 Å².